The van der Waals surface area contributed by atoms with E-state index in [0.717, 1.165) is 5.69 Å². The van der Waals surface area contributed by atoms with Crippen LogP contribution in [0.5, 0.6) is 0 Å². The molecule has 0 unspecified atom stereocenters. The SMILES string of the molecule is Cc1[nH]cnc1CNC(=O)c1cc(F)c(F)cc1F. The van der Waals surface area contributed by atoms with Crippen LogP contribution in [0.1, 0.15) is 21.7 Å². The van der Waals surface area contributed by atoms with E-state index in [9.17, 15) is 18.0 Å². The molecular formula is C12H10F3N3O. The second-order valence-corrected chi connectivity index (χ2v) is 3.90. The van der Waals surface area contributed by atoms with Crippen molar-refractivity contribution in [2.24, 2.45) is 0 Å². The third-order valence-electron chi connectivity index (χ3n) is 2.61. The number of aryl methyl sites for hydroxylation is 1. The molecule has 2 N–H and O–H groups in total. The van der Waals surface area contributed by atoms with Crippen LogP contribution in [0.15, 0.2) is 18.5 Å². The molecule has 2 rings (SSSR count). The lowest BCUT2D eigenvalue weighted by Gasteiger charge is -2.06. The Balaban J connectivity index is 2.12. The van der Waals surface area contributed by atoms with E-state index in [4.69, 9.17) is 0 Å². The Morgan fingerprint density at radius 1 is 1.26 bits per heavy atom. The van der Waals surface area contributed by atoms with Gasteiger partial charge < -0.3 is 10.3 Å². The van der Waals surface area contributed by atoms with Crippen LogP contribution in [0.25, 0.3) is 0 Å². The van der Waals surface area contributed by atoms with Crippen molar-refractivity contribution in [2.45, 2.75) is 13.5 Å². The number of hydrogen-bond acceptors (Lipinski definition) is 2. The monoisotopic (exact) mass is 269 g/mol. The lowest BCUT2D eigenvalue weighted by atomic mass is 10.2. The minimum atomic E-state index is -1.34. The third-order valence-corrected chi connectivity index (χ3v) is 2.61. The van der Waals surface area contributed by atoms with Gasteiger partial charge in [0, 0.05) is 11.8 Å². The summed E-state index contributed by atoms with van der Waals surface area (Å²) in [6, 6.07) is 0.863. The number of aromatic nitrogens is 2. The fourth-order valence-electron chi connectivity index (χ4n) is 1.52. The number of rotatable bonds is 3. The summed E-state index contributed by atoms with van der Waals surface area (Å²) in [4.78, 5) is 18.4. The highest BCUT2D eigenvalue weighted by molar-refractivity contribution is 5.94. The van der Waals surface area contributed by atoms with Crippen molar-refractivity contribution in [1.29, 1.82) is 0 Å². The predicted molar refractivity (Wildman–Crippen MR) is 60.8 cm³/mol. The highest BCUT2D eigenvalue weighted by Gasteiger charge is 2.16. The van der Waals surface area contributed by atoms with Gasteiger partial charge in [-0.1, -0.05) is 0 Å². The average Bonchev–Trinajstić information content (AvgIpc) is 2.76. The Hall–Kier alpha value is -2.31. The Morgan fingerprint density at radius 2 is 1.95 bits per heavy atom. The van der Waals surface area contributed by atoms with Gasteiger partial charge in [0.2, 0.25) is 0 Å². The summed E-state index contributed by atoms with van der Waals surface area (Å²) in [5.74, 6) is -4.56. The van der Waals surface area contributed by atoms with E-state index in [1.165, 1.54) is 6.33 Å². The van der Waals surface area contributed by atoms with Gasteiger partial charge in [-0.2, -0.15) is 0 Å². The fraction of sp³-hybridized carbons (Fsp3) is 0.167. The number of carbonyl (C=O) groups excluding carboxylic acids is 1. The molecule has 7 heteroatoms. The van der Waals surface area contributed by atoms with Crippen LogP contribution in [-0.2, 0) is 6.54 Å². The third kappa shape index (κ3) is 2.75. The number of H-pyrrole nitrogens is 1. The molecule has 0 aliphatic carbocycles. The van der Waals surface area contributed by atoms with Crippen LogP contribution < -0.4 is 5.32 Å². The Labute approximate surface area is 106 Å². The van der Waals surface area contributed by atoms with Crippen molar-refractivity contribution in [3.8, 4) is 0 Å². The van der Waals surface area contributed by atoms with Crippen LogP contribution >= 0.6 is 0 Å². The largest absolute Gasteiger partial charge is 0.348 e. The summed E-state index contributed by atoms with van der Waals surface area (Å²) in [6.07, 6.45) is 1.45. The van der Waals surface area contributed by atoms with E-state index >= 15 is 0 Å². The second kappa shape index (κ2) is 5.13. The first-order chi connectivity index (χ1) is 8.99. The predicted octanol–water partition coefficient (Wildman–Crippen LogP) is 2.07. The molecule has 2 aromatic rings. The molecular weight excluding hydrogens is 259 g/mol. The van der Waals surface area contributed by atoms with E-state index in [1.807, 2.05) is 0 Å². The maximum absolute atomic E-state index is 13.3. The number of nitrogens with one attached hydrogen (secondary N) is 2. The number of imidazole rings is 1. The molecule has 1 aromatic heterocycles. The molecule has 1 amide bonds. The molecule has 4 nitrogen and oxygen atoms in total. The molecule has 0 atom stereocenters. The summed E-state index contributed by atoms with van der Waals surface area (Å²) >= 11 is 0. The van der Waals surface area contributed by atoms with Gasteiger partial charge in [-0.15, -0.1) is 0 Å². The van der Waals surface area contributed by atoms with Crippen molar-refractivity contribution in [3.05, 3.63) is 52.9 Å². The molecule has 1 heterocycles. The molecule has 0 bridgehead atoms. The van der Waals surface area contributed by atoms with Gasteiger partial charge in [0.1, 0.15) is 5.82 Å². The minimum absolute atomic E-state index is 0.0621. The zero-order valence-corrected chi connectivity index (χ0v) is 9.93. The van der Waals surface area contributed by atoms with Crippen molar-refractivity contribution in [1.82, 2.24) is 15.3 Å². The molecule has 0 saturated carbocycles. The molecule has 0 fully saturated rings. The zero-order valence-electron chi connectivity index (χ0n) is 9.93. The number of aromatic amines is 1. The summed E-state index contributed by atoms with van der Waals surface area (Å²) in [7, 11) is 0. The van der Waals surface area contributed by atoms with Crippen molar-refractivity contribution < 1.29 is 18.0 Å². The van der Waals surface area contributed by atoms with Gasteiger partial charge in [-0.25, -0.2) is 18.2 Å². The molecule has 100 valence electrons. The Kier molecular flexibility index (Phi) is 3.55. The van der Waals surface area contributed by atoms with Gasteiger partial charge in [0.25, 0.3) is 5.91 Å². The smallest absolute Gasteiger partial charge is 0.254 e. The number of nitrogens with zero attached hydrogens (tertiary/aromatic N) is 1. The van der Waals surface area contributed by atoms with Crippen molar-refractivity contribution >= 4 is 5.91 Å². The maximum Gasteiger partial charge on any atom is 0.254 e. The van der Waals surface area contributed by atoms with Gasteiger partial charge in [0.05, 0.1) is 24.1 Å². The lowest BCUT2D eigenvalue weighted by molar-refractivity contribution is 0.0945. The first-order valence-electron chi connectivity index (χ1n) is 5.40. The first-order valence-corrected chi connectivity index (χ1v) is 5.40. The average molecular weight is 269 g/mol. The van der Waals surface area contributed by atoms with E-state index in [0.29, 0.717) is 17.8 Å². The van der Waals surface area contributed by atoms with Crippen molar-refractivity contribution in [2.75, 3.05) is 0 Å². The second-order valence-electron chi connectivity index (χ2n) is 3.90. The molecule has 0 radical (unpaired) electrons. The Bertz CT molecular complexity index is 625. The minimum Gasteiger partial charge on any atom is -0.348 e. The van der Waals surface area contributed by atoms with Gasteiger partial charge >= 0.3 is 0 Å². The van der Waals surface area contributed by atoms with Crippen LogP contribution in [0.3, 0.4) is 0 Å². The molecule has 0 spiro atoms. The zero-order chi connectivity index (χ0) is 14.0. The standard InChI is InChI=1S/C12H10F3N3O/c1-6-11(18-5-17-6)4-16-12(19)7-2-9(14)10(15)3-8(7)13/h2-3,5H,4H2,1H3,(H,16,19)(H,17,18). The van der Waals surface area contributed by atoms with Gasteiger partial charge in [-0.05, 0) is 13.0 Å². The quantitative estimate of drug-likeness (QED) is 0.838. The molecule has 0 aliphatic rings. The molecule has 1 aromatic carbocycles. The molecule has 0 saturated heterocycles. The normalized spacial score (nSPS) is 10.5. The van der Waals surface area contributed by atoms with Crippen molar-refractivity contribution in [3.63, 3.8) is 0 Å². The Morgan fingerprint density at radius 3 is 2.58 bits per heavy atom. The number of hydrogen-bond donors (Lipinski definition) is 2. The van der Waals surface area contributed by atoms with E-state index in [2.05, 4.69) is 15.3 Å². The van der Waals surface area contributed by atoms with Gasteiger partial charge in [0.15, 0.2) is 11.6 Å². The maximum atomic E-state index is 13.3. The summed E-state index contributed by atoms with van der Waals surface area (Å²) < 4.78 is 39.0. The molecule has 19 heavy (non-hydrogen) atoms. The highest BCUT2D eigenvalue weighted by Crippen LogP contribution is 2.13. The number of amides is 1. The summed E-state index contributed by atoms with van der Waals surface area (Å²) in [6.45, 7) is 1.82. The van der Waals surface area contributed by atoms with E-state index in [-0.39, 0.29) is 6.54 Å². The van der Waals surface area contributed by atoms with Gasteiger partial charge in [-0.3, -0.25) is 4.79 Å². The van der Waals surface area contributed by atoms with Crippen LogP contribution in [-0.4, -0.2) is 15.9 Å². The molecule has 0 aliphatic heterocycles. The highest BCUT2D eigenvalue weighted by atomic mass is 19.2. The topological polar surface area (TPSA) is 57.8 Å². The summed E-state index contributed by atoms with van der Waals surface area (Å²) in [5, 5.41) is 2.38. The van der Waals surface area contributed by atoms with Crippen LogP contribution in [0, 0.1) is 24.4 Å². The van der Waals surface area contributed by atoms with E-state index < -0.39 is 28.9 Å². The fourth-order valence-corrected chi connectivity index (χ4v) is 1.52. The first kappa shape index (κ1) is 13.1. The lowest BCUT2D eigenvalue weighted by Crippen LogP contribution is -2.24. The number of benzene rings is 1. The van der Waals surface area contributed by atoms with Crippen LogP contribution in [0.2, 0.25) is 0 Å². The van der Waals surface area contributed by atoms with Crippen LogP contribution in [0.4, 0.5) is 13.2 Å². The van der Waals surface area contributed by atoms with E-state index in [1.54, 1.807) is 6.92 Å². The summed E-state index contributed by atoms with van der Waals surface area (Å²) in [5.41, 5.74) is 0.787. The number of carbonyl (C=O) groups is 1. The number of halogens is 3.